The fourth-order valence-electron chi connectivity index (χ4n) is 5.66. The molecule has 0 saturated carbocycles. The van der Waals surface area contributed by atoms with Crippen molar-refractivity contribution in [2.75, 3.05) is 20.1 Å². The van der Waals surface area contributed by atoms with Crippen molar-refractivity contribution in [3.63, 3.8) is 0 Å². The first kappa shape index (κ1) is 35.1. The zero-order valence-electron chi connectivity index (χ0n) is 25.1. The van der Waals surface area contributed by atoms with Crippen LogP contribution < -0.4 is 0 Å². The third kappa shape index (κ3) is 7.46. The molecular formula is C33H41N2OPY2-2. The Kier molecular flexibility index (Phi) is 12.1. The third-order valence-electron chi connectivity index (χ3n) is 8.28. The fraction of sp³-hybridized carbons (Fsp3) is 0.424. The average Bonchev–Trinajstić information content (AvgIpc) is 2.98. The number of nitrogens with zero attached hydrogens (tertiary/aromatic N) is 2. The molecule has 39 heavy (non-hydrogen) atoms. The summed E-state index contributed by atoms with van der Waals surface area (Å²) in [5, 5.41) is 0. The van der Waals surface area contributed by atoms with Crippen molar-refractivity contribution in [1.29, 1.82) is 0 Å². The molecule has 0 N–H and O–H groups in total. The van der Waals surface area contributed by atoms with Crippen LogP contribution in [0.1, 0.15) is 61.1 Å². The van der Waals surface area contributed by atoms with Crippen molar-refractivity contribution in [2.24, 2.45) is 0 Å². The number of aryl methyl sites for hydroxylation is 4. The number of carbonyl (C=O) groups is 1. The predicted molar refractivity (Wildman–Crippen MR) is 160 cm³/mol. The smallest absolute Gasteiger partial charge is 0.185 e. The summed E-state index contributed by atoms with van der Waals surface area (Å²) in [6.45, 7) is 18.6. The standard InChI is InChI=1S/C33H41N2OP.2Y/c1-21-10-12-25(23(3)14-21)16-27-19-35(31(37)29-18-32(5,6)34(9)33(29,7)8)20-28(30(27)36)17-26-13-11-22(2)15-24(26)4;;/h10-13,16-18,31H,19-20,37H2,1-9H3;;/q-2;;/b27-16+,28-17+;;. The van der Waals surface area contributed by atoms with Crippen LogP contribution in [0.3, 0.4) is 0 Å². The Bertz CT molecular complexity index is 1270. The molecule has 6 heteroatoms. The van der Waals surface area contributed by atoms with Gasteiger partial charge in [-0.2, -0.15) is 58.7 Å². The number of benzene rings is 2. The molecule has 202 valence electrons. The van der Waals surface area contributed by atoms with Gasteiger partial charge in [-0.15, -0.1) is 32.5 Å². The Labute approximate surface area is 289 Å². The number of ketones is 1. The Morgan fingerprint density at radius 2 is 1.28 bits per heavy atom. The third-order valence-corrected chi connectivity index (χ3v) is 9.06. The van der Waals surface area contributed by atoms with Crippen LogP contribution in [-0.2, 0) is 70.2 Å². The topological polar surface area (TPSA) is 23.6 Å². The van der Waals surface area contributed by atoms with Gasteiger partial charge in [-0.25, -0.2) is 0 Å². The van der Waals surface area contributed by atoms with E-state index in [1.807, 2.05) is 13.8 Å². The van der Waals surface area contributed by atoms with E-state index in [1.54, 1.807) is 0 Å². The van der Waals surface area contributed by atoms with E-state index in [2.05, 4.69) is 122 Å². The molecule has 2 aliphatic rings. The van der Waals surface area contributed by atoms with Crippen LogP contribution in [0.2, 0.25) is 0 Å². The SMILES string of the molecule is Cc1[c-]c(C)c(/C=C2\CN(C(P)C3=CC(C)(C)N(C)C3(C)C)C/C(=C\c3ccc(C)[c-]c3C)C2=O)cc1.[Y].[Y]. The van der Waals surface area contributed by atoms with Gasteiger partial charge in [0.05, 0.1) is 0 Å². The number of Topliss-reactive ketones (excluding diaryl/α,β-unsaturated/α-hetero) is 1. The van der Waals surface area contributed by atoms with Crippen LogP contribution in [0.25, 0.3) is 12.2 Å². The van der Waals surface area contributed by atoms with E-state index in [1.165, 1.54) is 5.57 Å². The predicted octanol–water partition coefficient (Wildman–Crippen LogP) is 6.50. The molecule has 2 radical (unpaired) electrons. The molecule has 2 aliphatic heterocycles. The van der Waals surface area contributed by atoms with Crippen molar-refractivity contribution in [3.05, 3.63) is 92.6 Å². The zero-order chi connectivity index (χ0) is 27.3. The molecule has 0 aliphatic carbocycles. The maximum Gasteiger partial charge on any atom is 0.185 e. The van der Waals surface area contributed by atoms with Crippen LogP contribution in [-0.4, -0.2) is 52.6 Å². The average molecular weight is 690 g/mol. The summed E-state index contributed by atoms with van der Waals surface area (Å²) >= 11 is 0. The largest absolute Gasteiger partial charge is 0.289 e. The number of hydrogen-bond acceptors (Lipinski definition) is 3. The molecule has 2 atom stereocenters. The quantitative estimate of drug-likeness (QED) is 0.159. The van der Waals surface area contributed by atoms with Gasteiger partial charge >= 0.3 is 0 Å². The summed E-state index contributed by atoms with van der Waals surface area (Å²) < 4.78 is 0. The minimum atomic E-state index is -0.0872. The van der Waals surface area contributed by atoms with Crippen molar-refractivity contribution >= 4 is 27.2 Å². The van der Waals surface area contributed by atoms with E-state index in [0.29, 0.717) is 13.1 Å². The van der Waals surface area contributed by atoms with Crippen molar-refractivity contribution in [1.82, 2.24) is 9.80 Å². The van der Waals surface area contributed by atoms with Crippen molar-refractivity contribution in [2.45, 2.75) is 72.3 Å². The van der Waals surface area contributed by atoms with Gasteiger partial charge in [-0.1, -0.05) is 33.8 Å². The maximum absolute atomic E-state index is 13.8. The molecule has 0 amide bonds. The Morgan fingerprint density at radius 3 is 1.64 bits per heavy atom. The fourth-order valence-corrected chi connectivity index (χ4v) is 6.38. The molecular weight excluding hydrogens is 649 g/mol. The van der Waals surface area contributed by atoms with Crippen LogP contribution >= 0.6 is 9.24 Å². The second-order valence-corrected chi connectivity index (χ2v) is 12.5. The molecule has 1 saturated heterocycles. The summed E-state index contributed by atoms with van der Waals surface area (Å²) in [7, 11) is 5.28. The summed E-state index contributed by atoms with van der Waals surface area (Å²) in [5.74, 6) is 0.237. The van der Waals surface area contributed by atoms with Crippen LogP contribution in [0, 0.1) is 39.8 Å². The molecule has 4 rings (SSSR count). The molecule has 2 aromatic rings. The first-order valence-corrected chi connectivity index (χ1v) is 13.8. The summed E-state index contributed by atoms with van der Waals surface area (Å²) in [5.41, 5.74) is 9.35. The van der Waals surface area contributed by atoms with Gasteiger partial charge in [0.2, 0.25) is 0 Å². The minimum Gasteiger partial charge on any atom is -0.289 e. The van der Waals surface area contributed by atoms with Crippen molar-refractivity contribution in [3.8, 4) is 0 Å². The molecule has 0 aromatic heterocycles. The van der Waals surface area contributed by atoms with E-state index in [0.717, 1.165) is 44.5 Å². The number of likely N-dealkylation sites (N-methyl/N-ethyl adjacent to an activating group) is 1. The number of likely N-dealkylation sites (tertiary alicyclic amines) is 1. The number of hydrogen-bond donors (Lipinski definition) is 0. The minimum absolute atomic E-state index is 0. The van der Waals surface area contributed by atoms with E-state index >= 15 is 0 Å². The molecule has 0 bridgehead atoms. The summed E-state index contributed by atoms with van der Waals surface area (Å²) in [4.78, 5) is 18.7. The van der Waals surface area contributed by atoms with E-state index in [4.69, 9.17) is 0 Å². The number of piperidine rings is 1. The van der Waals surface area contributed by atoms with Gasteiger partial charge in [0.1, 0.15) is 0 Å². The molecule has 0 spiro atoms. The normalized spacial score (nSPS) is 21.9. The molecule has 2 unspecified atom stereocenters. The van der Waals surface area contributed by atoms with Gasteiger partial charge in [0, 0.05) is 107 Å². The van der Waals surface area contributed by atoms with Gasteiger partial charge in [-0.3, -0.25) is 14.6 Å². The van der Waals surface area contributed by atoms with Crippen molar-refractivity contribution < 1.29 is 70.2 Å². The Hall–Kier alpha value is -0.112. The Balaban J connectivity index is 0.00000267. The molecule has 3 nitrogen and oxygen atoms in total. The van der Waals surface area contributed by atoms with Gasteiger partial charge < -0.3 is 0 Å². The summed E-state index contributed by atoms with van der Waals surface area (Å²) in [6.07, 6.45) is 6.55. The van der Waals surface area contributed by atoms with Crippen LogP contribution in [0.15, 0.2) is 47.1 Å². The monoisotopic (exact) mass is 690 g/mol. The van der Waals surface area contributed by atoms with E-state index in [9.17, 15) is 4.79 Å². The molecule has 2 aromatic carbocycles. The maximum atomic E-state index is 13.8. The second-order valence-electron chi connectivity index (χ2n) is 11.8. The van der Waals surface area contributed by atoms with Crippen LogP contribution in [0.4, 0.5) is 0 Å². The number of rotatable bonds is 4. The summed E-state index contributed by atoms with van der Waals surface area (Å²) in [6, 6.07) is 15.1. The Morgan fingerprint density at radius 1 is 0.846 bits per heavy atom. The molecule has 1 fully saturated rings. The first-order valence-electron chi connectivity index (χ1n) is 13.1. The first-order chi connectivity index (χ1) is 17.2. The zero-order valence-corrected chi connectivity index (χ0v) is 31.9. The second kappa shape index (κ2) is 13.5. The van der Waals surface area contributed by atoms with E-state index in [-0.39, 0.29) is 88.1 Å². The molecule has 2 heterocycles. The van der Waals surface area contributed by atoms with Gasteiger partial charge in [0.15, 0.2) is 5.78 Å². The van der Waals surface area contributed by atoms with Gasteiger partial charge in [-0.05, 0) is 40.3 Å². The van der Waals surface area contributed by atoms with Crippen LogP contribution in [0.5, 0.6) is 0 Å². The van der Waals surface area contributed by atoms with E-state index < -0.39 is 0 Å². The van der Waals surface area contributed by atoms with Gasteiger partial charge in [0.25, 0.3) is 0 Å². The number of carbonyl (C=O) groups excluding carboxylic acids is 1.